The second-order valence-corrected chi connectivity index (χ2v) is 6.37. The summed E-state index contributed by atoms with van der Waals surface area (Å²) in [6, 6.07) is 17.1. The zero-order chi connectivity index (χ0) is 11.0. The van der Waals surface area contributed by atoms with E-state index in [1.165, 1.54) is 25.5 Å². The van der Waals surface area contributed by atoms with Crippen LogP contribution in [0.3, 0.4) is 0 Å². The molecule has 2 aromatic carbocycles. The van der Waals surface area contributed by atoms with E-state index in [2.05, 4.69) is 54.4 Å². The Morgan fingerprint density at radius 2 is 1.75 bits per heavy atom. The van der Waals surface area contributed by atoms with Crippen LogP contribution in [0.4, 0.5) is 0 Å². The molecule has 0 saturated carbocycles. The fraction of sp³-hybridized carbons (Fsp3) is 0.0714. The van der Waals surface area contributed by atoms with Crippen LogP contribution < -0.4 is 0 Å². The third-order valence-corrected chi connectivity index (χ3v) is 4.60. The molecule has 1 aromatic heterocycles. The first-order valence-electron chi connectivity index (χ1n) is 5.25. The predicted octanol–water partition coefficient (Wildman–Crippen LogP) is 3.27. The van der Waals surface area contributed by atoms with E-state index >= 15 is 0 Å². The fourth-order valence-corrected chi connectivity index (χ4v) is 3.55. The van der Waals surface area contributed by atoms with Gasteiger partial charge in [-0.2, -0.15) is 0 Å². The third-order valence-electron chi connectivity index (χ3n) is 2.60. The SMILES string of the molecule is Cc1nc2cc(-c3ccccc3)ccc2[se]1. The number of benzene rings is 2. The van der Waals surface area contributed by atoms with Crippen molar-refractivity contribution in [3.8, 4) is 11.1 Å². The van der Waals surface area contributed by atoms with Gasteiger partial charge in [0.15, 0.2) is 0 Å². The molecular formula is C14H11NSe. The summed E-state index contributed by atoms with van der Waals surface area (Å²) < 4.78 is 2.68. The molecule has 0 aliphatic rings. The predicted molar refractivity (Wildman–Crippen MR) is 68.9 cm³/mol. The number of nitrogens with zero attached hydrogens (tertiary/aromatic N) is 1. The Balaban J connectivity index is 2.18. The van der Waals surface area contributed by atoms with Gasteiger partial charge in [0.2, 0.25) is 0 Å². The Bertz CT molecular complexity index is 626. The molecule has 0 atom stereocenters. The molecule has 1 heterocycles. The van der Waals surface area contributed by atoms with Gasteiger partial charge in [-0.25, -0.2) is 0 Å². The first kappa shape index (κ1) is 9.83. The van der Waals surface area contributed by atoms with Crippen molar-refractivity contribution < 1.29 is 0 Å². The number of aromatic nitrogens is 1. The Morgan fingerprint density at radius 1 is 0.938 bits per heavy atom. The van der Waals surface area contributed by atoms with Gasteiger partial charge in [0.25, 0.3) is 0 Å². The summed E-state index contributed by atoms with van der Waals surface area (Å²) in [6.45, 7) is 2.11. The molecule has 0 radical (unpaired) electrons. The van der Waals surface area contributed by atoms with Gasteiger partial charge in [0.05, 0.1) is 0 Å². The Morgan fingerprint density at radius 3 is 2.56 bits per heavy atom. The minimum absolute atomic E-state index is 0.449. The van der Waals surface area contributed by atoms with Gasteiger partial charge in [-0.1, -0.05) is 0 Å². The van der Waals surface area contributed by atoms with Gasteiger partial charge in [0, 0.05) is 0 Å². The van der Waals surface area contributed by atoms with Gasteiger partial charge in [-0.15, -0.1) is 0 Å². The first-order chi connectivity index (χ1) is 7.83. The van der Waals surface area contributed by atoms with Crippen molar-refractivity contribution in [3.05, 3.63) is 53.1 Å². The van der Waals surface area contributed by atoms with Crippen molar-refractivity contribution in [2.24, 2.45) is 0 Å². The Labute approximate surface area is 101 Å². The van der Waals surface area contributed by atoms with Crippen LogP contribution in [0.25, 0.3) is 20.9 Å². The zero-order valence-corrected chi connectivity index (χ0v) is 10.7. The van der Waals surface area contributed by atoms with Crippen LogP contribution in [0.15, 0.2) is 48.5 Å². The van der Waals surface area contributed by atoms with Crippen LogP contribution >= 0.6 is 0 Å². The van der Waals surface area contributed by atoms with E-state index < -0.39 is 0 Å². The Hall–Kier alpha value is -1.37. The summed E-state index contributed by atoms with van der Waals surface area (Å²) in [6.07, 6.45) is 0. The van der Waals surface area contributed by atoms with E-state index in [9.17, 15) is 0 Å². The van der Waals surface area contributed by atoms with Crippen LogP contribution in [0, 0.1) is 6.92 Å². The average Bonchev–Trinajstić information content (AvgIpc) is 2.69. The summed E-state index contributed by atoms with van der Waals surface area (Å²) in [5.41, 5.74) is 3.69. The second kappa shape index (κ2) is 3.89. The normalized spacial score (nSPS) is 10.8. The zero-order valence-electron chi connectivity index (χ0n) is 8.97. The molecule has 0 aliphatic heterocycles. The van der Waals surface area contributed by atoms with Gasteiger partial charge in [-0.05, 0) is 0 Å². The second-order valence-electron chi connectivity index (χ2n) is 3.78. The summed E-state index contributed by atoms with van der Waals surface area (Å²) >= 11 is 0.449. The van der Waals surface area contributed by atoms with Crippen molar-refractivity contribution in [2.75, 3.05) is 0 Å². The third kappa shape index (κ3) is 1.71. The standard InChI is InChI=1S/C14H11NSe/c1-10-15-13-9-12(7-8-14(13)16-10)11-5-3-2-4-6-11/h2-9H,1H3. The molecule has 2 heteroatoms. The molecule has 0 bridgehead atoms. The van der Waals surface area contributed by atoms with E-state index in [1.54, 1.807) is 0 Å². The molecule has 78 valence electrons. The van der Waals surface area contributed by atoms with E-state index in [0.29, 0.717) is 14.5 Å². The molecule has 1 nitrogen and oxygen atoms in total. The van der Waals surface area contributed by atoms with Gasteiger partial charge < -0.3 is 0 Å². The summed E-state index contributed by atoms with van der Waals surface area (Å²) in [5.74, 6) is 0. The number of hydrogen-bond acceptors (Lipinski definition) is 1. The van der Waals surface area contributed by atoms with Crippen molar-refractivity contribution in [1.29, 1.82) is 0 Å². The van der Waals surface area contributed by atoms with Crippen molar-refractivity contribution >= 4 is 24.3 Å². The van der Waals surface area contributed by atoms with Gasteiger partial charge in [0.1, 0.15) is 0 Å². The maximum atomic E-state index is 4.58. The van der Waals surface area contributed by atoms with Crippen LogP contribution in [-0.4, -0.2) is 19.5 Å². The van der Waals surface area contributed by atoms with Crippen LogP contribution in [0.1, 0.15) is 4.57 Å². The Kier molecular flexibility index (Phi) is 2.39. The molecule has 0 amide bonds. The number of hydrogen-bond donors (Lipinski definition) is 0. The molecule has 16 heavy (non-hydrogen) atoms. The molecule has 0 unspecified atom stereocenters. The molecule has 3 aromatic rings. The van der Waals surface area contributed by atoms with Crippen molar-refractivity contribution in [2.45, 2.75) is 6.92 Å². The maximum absolute atomic E-state index is 4.58. The van der Waals surface area contributed by atoms with E-state index in [-0.39, 0.29) is 0 Å². The number of aryl methyl sites for hydroxylation is 1. The molecule has 3 rings (SSSR count). The number of rotatable bonds is 1. The van der Waals surface area contributed by atoms with E-state index in [0.717, 1.165) is 0 Å². The minimum atomic E-state index is 0.449. The van der Waals surface area contributed by atoms with Gasteiger partial charge in [-0.3, -0.25) is 0 Å². The topological polar surface area (TPSA) is 12.9 Å². The van der Waals surface area contributed by atoms with Crippen LogP contribution in [0.2, 0.25) is 0 Å². The molecule has 0 spiro atoms. The van der Waals surface area contributed by atoms with E-state index in [4.69, 9.17) is 0 Å². The summed E-state index contributed by atoms with van der Waals surface area (Å²) in [7, 11) is 0. The first-order valence-corrected chi connectivity index (χ1v) is 6.97. The summed E-state index contributed by atoms with van der Waals surface area (Å²) in [4.78, 5) is 4.58. The molecule has 0 aliphatic carbocycles. The monoisotopic (exact) mass is 273 g/mol. The molecule has 0 saturated heterocycles. The van der Waals surface area contributed by atoms with Gasteiger partial charge >= 0.3 is 100 Å². The quantitative estimate of drug-likeness (QED) is 0.620. The molecular weight excluding hydrogens is 261 g/mol. The number of fused-ring (bicyclic) bond motifs is 1. The molecule has 0 fully saturated rings. The molecule has 0 N–H and O–H groups in total. The van der Waals surface area contributed by atoms with E-state index in [1.807, 2.05) is 6.07 Å². The van der Waals surface area contributed by atoms with Crippen molar-refractivity contribution in [1.82, 2.24) is 4.98 Å². The van der Waals surface area contributed by atoms with Crippen LogP contribution in [-0.2, 0) is 0 Å². The van der Waals surface area contributed by atoms with Crippen molar-refractivity contribution in [3.63, 3.8) is 0 Å². The van der Waals surface area contributed by atoms with Crippen LogP contribution in [0.5, 0.6) is 0 Å². The summed E-state index contributed by atoms with van der Waals surface area (Å²) in [5, 5.41) is 0. The average molecular weight is 272 g/mol. The fourth-order valence-electron chi connectivity index (χ4n) is 1.85.